The summed E-state index contributed by atoms with van der Waals surface area (Å²) >= 11 is 0. The van der Waals surface area contributed by atoms with Crippen LogP contribution in [0.2, 0.25) is 0 Å². The molecular weight excluding hydrogens is 226 g/mol. The van der Waals surface area contributed by atoms with Crippen molar-refractivity contribution in [1.29, 1.82) is 0 Å². The van der Waals surface area contributed by atoms with Crippen molar-refractivity contribution in [2.75, 3.05) is 26.7 Å². The molecule has 1 heterocycles. The molecule has 1 aliphatic carbocycles. The predicted octanol–water partition coefficient (Wildman–Crippen LogP) is 0.975. The Morgan fingerprint density at radius 1 is 1.22 bits per heavy atom. The molecule has 1 amide bonds. The van der Waals surface area contributed by atoms with E-state index in [2.05, 4.69) is 24.5 Å². The van der Waals surface area contributed by atoms with Crippen molar-refractivity contribution in [2.24, 2.45) is 5.41 Å². The van der Waals surface area contributed by atoms with Crippen molar-refractivity contribution in [3.05, 3.63) is 0 Å². The monoisotopic (exact) mass is 253 g/mol. The van der Waals surface area contributed by atoms with E-state index in [1.807, 2.05) is 11.9 Å². The Labute approximate surface area is 110 Å². The number of likely N-dealkylation sites (N-methyl/N-ethyl adjacent to an activating group) is 1. The maximum absolute atomic E-state index is 12.4. The number of nitrogens with zero attached hydrogens (tertiary/aromatic N) is 1. The van der Waals surface area contributed by atoms with Gasteiger partial charge in [-0.3, -0.25) is 4.79 Å². The first kappa shape index (κ1) is 13.8. The number of piperazine rings is 1. The molecule has 2 N–H and O–H groups in total. The maximum atomic E-state index is 12.4. The molecule has 104 valence electrons. The van der Waals surface area contributed by atoms with Gasteiger partial charge in [0.05, 0.1) is 6.04 Å². The molecule has 1 aliphatic heterocycles. The molecule has 4 nitrogen and oxygen atoms in total. The highest BCUT2D eigenvalue weighted by atomic mass is 16.2. The van der Waals surface area contributed by atoms with E-state index in [1.54, 1.807) is 0 Å². The van der Waals surface area contributed by atoms with Crippen molar-refractivity contribution < 1.29 is 4.79 Å². The van der Waals surface area contributed by atoms with Crippen LogP contribution in [-0.4, -0.2) is 49.6 Å². The van der Waals surface area contributed by atoms with Crippen molar-refractivity contribution >= 4 is 5.91 Å². The lowest BCUT2D eigenvalue weighted by Crippen LogP contribution is -2.57. The summed E-state index contributed by atoms with van der Waals surface area (Å²) in [6, 6.07) is 0.410. The zero-order valence-corrected chi connectivity index (χ0v) is 12.0. The Morgan fingerprint density at radius 2 is 1.89 bits per heavy atom. The molecule has 1 saturated heterocycles. The van der Waals surface area contributed by atoms with Gasteiger partial charge < -0.3 is 15.5 Å². The molecule has 1 atom stereocenters. The van der Waals surface area contributed by atoms with Crippen molar-refractivity contribution in [1.82, 2.24) is 15.5 Å². The third-order valence-electron chi connectivity index (χ3n) is 4.54. The first-order valence-electron chi connectivity index (χ1n) is 7.20. The van der Waals surface area contributed by atoms with E-state index in [0.29, 0.717) is 11.5 Å². The Bertz CT molecular complexity index is 287. The van der Waals surface area contributed by atoms with Crippen LogP contribution in [0.3, 0.4) is 0 Å². The van der Waals surface area contributed by atoms with E-state index in [9.17, 15) is 4.79 Å². The van der Waals surface area contributed by atoms with Gasteiger partial charge >= 0.3 is 0 Å². The van der Waals surface area contributed by atoms with E-state index in [-0.39, 0.29) is 11.9 Å². The Balaban J connectivity index is 1.87. The molecule has 4 heteroatoms. The van der Waals surface area contributed by atoms with Crippen LogP contribution >= 0.6 is 0 Å². The fourth-order valence-electron chi connectivity index (χ4n) is 3.03. The third kappa shape index (κ3) is 3.23. The largest absolute Gasteiger partial charge is 0.341 e. The molecule has 0 aromatic carbocycles. The van der Waals surface area contributed by atoms with Crippen LogP contribution in [0.1, 0.15) is 39.5 Å². The SMILES string of the molecule is CN(C(=O)C1CNCCN1)C1CCC(C)(C)CC1. The topological polar surface area (TPSA) is 44.4 Å². The quantitative estimate of drug-likeness (QED) is 0.771. The average molecular weight is 253 g/mol. The van der Waals surface area contributed by atoms with Crippen LogP contribution in [0, 0.1) is 5.41 Å². The van der Waals surface area contributed by atoms with Crippen LogP contribution in [0.4, 0.5) is 0 Å². The van der Waals surface area contributed by atoms with Gasteiger partial charge in [0.1, 0.15) is 0 Å². The first-order valence-corrected chi connectivity index (χ1v) is 7.20. The number of hydrogen-bond acceptors (Lipinski definition) is 3. The molecule has 2 rings (SSSR count). The van der Waals surface area contributed by atoms with Crippen LogP contribution in [0.15, 0.2) is 0 Å². The van der Waals surface area contributed by atoms with Gasteiger partial charge in [0, 0.05) is 32.7 Å². The van der Waals surface area contributed by atoms with E-state index in [1.165, 1.54) is 12.8 Å². The van der Waals surface area contributed by atoms with Gasteiger partial charge in [-0.05, 0) is 31.1 Å². The number of carbonyl (C=O) groups excluding carboxylic acids is 1. The zero-order chi connectivity index (χ0) is 13.2. The van der Waals surface area contributed by atoms with Gasteiger partial charge in [0.2, 0.25) is 5.91 Å². The average Bonchev–Trinajstić information content (AvgIpc) is 2.38. The second kappa shape index (κ2) is 5.57. The van der Waals surface area contributed by atoms with E-state index >= 15 is 0 Å². The van der Waals surface area contributed by atoms with Gasteiger partial charge in [0.25, 0.3) is 0 Å². The smallest absolute Gasteiger partial charge is 0.241 e. The molecule has 0 aromatic rings. The summed E-state index contributed by atoms with van der Waals surface area (Å²) in [6.07, 6.45) is 4.75. The lowest BCUT2D eigenvalue weighted by molar-refractivity contribution is -0.135. The fourth-order valence-corrected chi connectivity index (χ4v) is 3.03. The number of amides is 1. The number of nitrogens with one attached hydrogen (secondary N) is 2. The highest BCUT2D eigenvalue weighted by Gasteiger charge is 2.33. The minimum Gasteiger partial charge on any atom is -0.341 e. The highest BCUT2D eigenvalue weighted by Crippen LogP contribution is 2.36. The van der Waals surface area contributed by atoms with Crippen molar-refractivity contribution in [3.8, 4) is 0 Å². The fraction of sp³-hybridized carbons (Fsp3) is 0.929. The summed E-state index contributed by atoms with van der Waals surface area (Å²) in [4.78, 5) is 14.4. The lowest BCUT2D eigenvalue weighted by atomic mass is 9.75. The molecule has 1 saturated carbocycles. The van der Waals surface area contributed by atoms with Crippen molar-refractivity contribution in [3.63, 3.8) is 0 Å². The van der Waals surface area contributed by atoms with Crippen LogP contribution < -0.4 is 10.6 Å². The van der Waals surface area contributed by atoms with E-state index in [4.69, 9.17) is 0 Å². The summed E-state index contributed by atoms with van der Waals surface area (Å²) in [5.74, 6) is 0.256. The molecular formula is C14H27N3O. The zero-order valence-electron chi connectivity index (χ0n) is 12.0. The van der Waals surface area contributed by atoms with Gasteiger partial charge in [-0.15, -0.1) is 0 Å². The molecule has 0 bridgehead atoms. The van der Waals surface area contributed by atoms with Crippen LogP contribution in [0.25, 0.3) is 0 Å². The minimum absolute atomic E-state index is 0.0290. The van der Waals surface area contributed by atoms with Gasteiger partial charge in [-0.25, -0.2) is 0 Å². The Kier molecular flexibility index (Phi) is 4.28. The lowest BCUT2D eigenvalue weighted by Gasteiger charge is -2.40. The predicted molar refractivity (Wildman–Crippen MR) is 73.5 cm³/mol. The molecule has 1 unspecified atom stereocenters. The normalized spacial score (nSPS) is 28.9. The molecule has 0 spiro atoms. The van der Waals surface area contributed by atoms with Crippen LogP contribution in [-0.2, 0) is 4.79 Å². The summed E-state index contributed by atoms with van der Waals surface area (Å²) in [5, 5.41) is 6.58. The van der Waals surface area contributed by atoms with E-state index < -0.39 is 0 Å². The number of carbonyl (C=O) groups is 1. The van der Waals surface area contributed by atoms with Gasteiger partial charge in [0.15, 0.2) is 0 Å². The third-order valence-corrected chi connectivity index (χ3v) is 4.54. The molecule has 0 aromatic heterocycles. The first-order chi connectivity index (χ1) is 8.49. The van der Waals surface area contributed by atoms with E-state index in [0.717, 1.165) is 32.5 Å². The summed E-state index contributed by atoms with van der Waals surface area (Å²) < 4.78 is 0. The second-order valence-electron chi connectivity index (χ2n) is 6.56. The summed E-state index contributed by atoms with van der Waals surface area (Å²) in [6.45, 7) is 7.28. The van der Waals surface area contributed by atoms with Gasteiger partial charge in [-0.2, -0.15) is 0 Å². The van der Waals surface area contributed by atoms with Gasteiger partial charge in [-0.1, -0.05) is 13.8 Å². The second-order valence-corrected chi connectivity index (χ2v) is 6.56. The molecule has 18 heavy (non-hydrogen) atoms. The number of hydrogen-bond donors (Lipinski definition) is 2. The maximum Gasteiger partial charge on any atom is 0.241 e. The Hall–Kier alpha value is -0.610. The summed E-state index contributed by atoms with van der Waals surface area (Å²) in [7, 11) is 1.97. The molecule has 2 fully saturated rings. The van der Waals surface area contributed by atoms with Crippen LogP contribution in [0.5, 0.6) is 0 Å². The number of rotatable bonds is 2. The highest BCUT2D eigenvalue weighted by molar-refractivity contribution is 5.82. The standard InChI is InChI=1S/C14H27N3O/c1-14(2)6-4-11(5-7-14)17(3)13(18)12-10-15-8-9-16-12/h11-12,15-16H,4-10H2,1-3H3. The Morgan fingerprint density at radius 3 is 2.44 bits per heavy atom. The molecule has 2 aliphatic rings. The molecule has 0 radical (unpaired) electrons. The van der Waals surface area contributed by atoms with Crippen molar-refractivity contribution in [2.45, 2.75) is 51.6 Å². The minimum atomic E-state index is -0.0290. The summed E-state index contributed by atoms with van der Waals surface area (Å²) in [5.41, 5.74) is 0.463.